The van der Waals surface area contributed by atoms with Gasteiger partial charge in [-0.2, -0.15) is 0 Å². The fourth-order valence-corrected chi connectivity index (χ4v) is 4.97. The standard InChI is InChI=1S/C28H27FN2O4/c1-33-24-14-18(15-25(34-2)28(24)35-3)17-12-22-26(23(32)13-17)27(16-8-10-19(29)11-9-16)31-21-7-5-4-6-20(21)30-22/h4-11,14-15,17,27,30-31H,12-13H2,1-3H3/t17-,27+/m0/s1. The predicted octanol–water partition coefficient (Wildman–Crippen LogP) is 5.83. The van der Waals surface area contributed by atoms with Gasteiger partial charge in [-0.25, -0.2) is 4.39 Å². The lowest BCUT2D eigenvalue weighted by molar-refractivity contribution is -0.116. The van der Waals surface area contributed by atoms with Crippen molar-refractivity contribution in [1.29, 1.82) is 0 Å². The monoisotopic (exact) mass is 474 g/mol. The van der Waals surface area contributed by atoms with Gasteiger partial charge in [0.05, 0.1) is 38.7 Å². The van der Waals surface area contributed by atoms with Crippen LogP contribution < -0.4 is 24.8 Å². The molecular weight excluding hydrogens is 447 g/mol. The minimum atomic E-state index is -0.393. The number of rotatable bonds is 5. The molecule has 3 aromatic carbocycles. The summed E-state index contributed by atoms with van der Waals surface area (Å²) in [6, 6.07) is 17.6. The molecule has 1 heterocycles. The zero-order valence-electron chi connectivity index (χ0n) is 19.9. The van der Waals surface area contributed by atoms with Crippen molar-refractivity contribution >= 4 is 17.2 Å². The number of halogens is 1. The van der Waals surface area contributed by atoms with Gasteiger partial charge in [0, 0.05) is 17.7 Å². The molecule has 3 aromatic rings. The second kappa shape index (κ2) is 9.33. The number of hydrogen-bond donors (Lipinski definition) is 2. The zero-order chi connectivity index (χ0) is 24.5. The Morgan fingerprint density at radius 3 is 2.11 bits per heavy atom. The second-order valence-electron chi connectivity index (χ2n) is 8.68. The van der Waals surface area contributed by atoms with Crippen LogP contribution in [-0.4, -0.2) is 27.1 Å². The van der Waals surface area contributed by atoms with E-state index in [0.29, 0.717) is 35.7 Å². The Kier molecular flexibility index (Phi) is 6.07. The van der Waals surface area contributed by atoms with Crippen molar-refractivity contribution in [3.05, 3.63) is 88.9 Å². The molecule has 0 amide bonds. The SMILES string of the molecule is COc1cc([C@@H]2CC(=O)C3=C(C2)Nc2ccccc2N[C@@H]3c2ccc(F)cc2)cc(OC)c1OC. The van der Waals surface area contributed by atoms with Gasteiger partial charge in [0.25, 0.3) is 0 Å². The van der Waals surface area contributed by atoms with Crippen LogP contribution in [-0.2, 0) is 4.79 Å². The quantitative estimate of drug-likeness (QED) is 0.485. The molecule has 0 saturated carbocycles. The van der Waals surface area contributed by atoms with Gasteiger partial charge in [-0.3, -0.25) is 4.79 Å². The molecule has 1 aliphatic carbocycles. The summed E-state index contributed by atoms with van der Waals surface area (Å²) in [5, 5.41) is 7.03. The van der Waals surface area contributed by atoms with E-state index in [2.05, 4.69) is 10.6 Å². The molecule has 0 spiro atoms. The number of ketones is 1. The molecule has 5 rings (SSSR count). The summed E-state index contributed by atoms with van der Waals surface area (Å²) in [7, 11) is 4.73. The molecule has 7 heteroatoms. The van der Waals surface area contributed by atoms with Crippen LogP contribution in [0.5, 0.6) is 17.2 Å². The third-order valence-corrected chi connectivity index (χ3v) is 6.67. The Morgan fingerprint density at radius 1 is 0.829 bits per heavy atom. The van der Waals surface area contributed by atoms with E-state index < -0.39 is 6.04 Å². The molecule has 180 valence electrons. The van der Waals surface area contributed by atoms with E-state index >= 15 is 0 Å². The lowest BCUT2D eigenvalue weighted by Crippen LogP contribution is -2.27. The normalized spacial score (nSPS) is 19.0. The number of allylic oxidation sites excluding steroid dienone is 1. The summed E-state index contributed by atoms with van der Waals surface area (Å²) in [4.78, 5) is 13.7. The topological polar surface area (TPSA) is 68.8 Å². The molecular formula is C28H27FN2O4. The van der Waals surface area contributed by atoms with Gasteiger partial charge < -0.3 is 24.8 Å². The van der Waals surface area contributed by atoms with Crippen molar-refractivity contribution in [2.24, 2.45) is 0 Å². The highest BCUT2D eigenvalue weighted by Gasteiger charge is 2.36. The van der Waals surface area contributed by atoms with Crippen molar-refractivity contribution in [3.63, 3.8) is 0 Å². The van der Waals surface area contributed by atoms with Crippen LogP contribution in [0.4, 0.5) is 15.8 Å². The van der Waals surface area contributed by atoms with Crippen LogP contribution in [0.25, 0.3) is 0 Å². The summed E-state index contributed by atoms with van der Waals surface area (Å²) in [5.41, 5.74) is 5.07. The minimum Gasteiger partial charge on any atom is -0.493 e. The zero-order valence-corrected chi connectivity index (χ0v) is 19.9. The van der Waals surface area contributed by atoms with Crippen LogP contribution >= 0.6 is 0 Å². The Labute approximate surface area is 203 Å². The molecule has 1 aliphatic heterocycles. The first-order valence-corrected chi connectivity index (χ1v) is 11.5. The summed E-state index contributed by atoms with van der Waals surface area (Å²) >= 11 is 0. The fraction of sp³-hybridized carbons (Fsp3) is 0.250. The molecule has 6 nitrogen and oxygen atoms in total. The second-order valence-corrected chi connectivity index (χ2v) is 8.68. The highest BCUT2D eigenvalue weighted by Crippen LogP contribution is 2.47. The Bertz CT molecular complexity index is 1280. The number of ether oxygens (including phenoxy) is 3. The van der Waals surface area contributed by atoms with Gasteiger partial charge in [0.2, 0.25) is 5.75 Å². The first-order chi connectivity index (χ1) is 17.0. The molecule has 2 atom stereocenters. The van der Waals surface area contributed by atoms with E-state index in [1.807, 2.05) is 36.4 Å². The maximum atomic E-state index is 13.7. The van der Waals surface area contributed by atoms with Crippen molar-refractivity contribution in [2.75, 3.05) is 32.0 Å². The van der Waals surface area contributed by atoms with Gasteiger partial charge in [-0.05, 0) is 59.9 Å². The van der Waals surface area contributed by atoms with E-state index in [0.717, 1.165) is 28.2 Å². The molecule has 2 aliphatic rings. The smallest absolute Gasteiger partial charge is 0.203 e. The number of fused-ring (bicyclic) bond motifs is 1. The molecule has 0 radical (unpaired) electrons. The van der Waals surface area contributed by atoms with Gasteiger partial charge >= 0.3 is 0 Å². The summed E-state index contributed by atoms with van der Waals surface area (Å²) in [5.74, 6) is 1.27. The van der Waals surface area contributed by atoms with E-state index in [4.69, 9.17) is 14.2 Å². The third-order valence-electron chi connectivity index (χ3n) is 6.67. The maximum absolute atomic E-state index is 13.7. The number of anilines is 2. The van der Waals surface area contributed by atoms with Crippen LogP contribution in [0.1, 0.15) is 35.9 Å². The van der Waals surface area contributed by atoms with Gasteiger partial charge in [0.15, 0.2) is 17.3 Å². The van der Waals surface area contributed by atoms with Gasteiger partial charge in [-0.15, -0.1) is 0 Å². The molecule has 0 fully saturated rings. The minimum absolute atomic E-state index is 0.0344. The molecule has 0 saturated heterocycles. The van der Waals surface area contributed by atoms with Crippen LogP contribution in [0, 0.1) is 5.82 Å². The fourth-order valence-electron chi connectivity index (χ4n) is 4.97. The van der Waals surface area contributed by atoms with E-state index in [-0.39, 0.29) is 17.5 Å². The summed E-state index contributed by atoms with van der Waals surface area (Å²) < 4.78 is 30.2. The number of methoxy groups -OCH3 is 3. The number of nitrogens with one attached hydrogen (secondary N) is 2. The van der Waals surface area contributed by atoms with Crippen molar-refractivity contribution in [3.8, 4) is 17.2 Å². The molecule has 0 unspecified atom stereocenters. The molecule has 35 heavy (non-hydrogen) atoms. The highest BCUT2D eigenvalue weighted by molar-refractivity contribution is 6.01. The number of carbonyl (C=O) groups is 1. The molecule has 0 aromatic heterocycles. The summed E-state index contributed by atoms with van der Waals surface area (Å²) in [6.45, 7) is 0. The number of benzene rings is 3. The Hall–Kier alpha value is -4.00. The lowest BCUT2D eigenvalue weighted by atomic mass is 9.78. The first-order valence-electron chi connectivity index (χ1n) is 11.5. The molecule has 2 N–H and O–H groups in total. The number of hydrogen-bond acceptors (Lipinski definition) is 6. The molecule has 0 bridgehead atoms. The van der Waals surface area contributed by atoms with Gasteiger partial charge in [0.1, 0.15) is 5.82 Å². The van der Waals surface area contributed by atoms with E-state index in [9.17, 15) is 9.18 Å². The maximum Gasteiger partial charge on any atom is 0.203 e. The van der Waals surface area contributed by atoms with Crippen LogP contribution in [0.3, 0.4) is 0 Å². The van der Waals surface area contributed by atoms with Gasteiger partial charge in [-0.1, -0.05) is 24.3 Å². The highest BCUT2D eigenvalue weighted by atomic mass is 19.1. The number of carbonyl (C=O) groups excluding carboxylic acids is 1. The average Bonchev–Trinajstić information content (AvgIpc) is 3.05. The first kappa shape index (κ1) is 22.8. The van der Waals surface area contributed by atoms with Crippen LogP contribution in [0.2, 0.25) is 0 Å². The van der Waals surface area contributed by atoms with Crippen molar-refractivity contribution < 1.29 is 23.4 Å². The average molecular weight is 475 g/mol. The van der Waals surface area contributed by atoms with Crippen molar-refractivity contribution in [2.45, 2.75) is 24.8 Å². The number of para-hydroxylation sites is 2. The van der Waals surface area contributed by atoms with Crippen LogP contribution in [0.15, 0.2) is 71.9 Å². The van der Waals surface area contributed by atoms with E-state index in [1.54, 1.807) is 33.5 Å². The predicted molar refractivity (Wildman–Crippen MR) is 133 cm³/mol. The number of Topliss-reactive ketones (excluding diaryl/α,β-unsaturated/α-hetero) is 1. The Balaban J connectivity index is 1.59. The van der Waals surface area contributed by atoms with E-state index in [1.165, 1.54) is 12.1 Å². The lowest BCUT2D eigenvalue weighted by Gasteiger charge is -2.30. The van der Waals surface area contributed by atoms with Crippen molar-refractivity contribution in [1.82, 2.24) is 0 Å². The summed E-state index contributed by atoms with van der Waals surface area (Å²) in [6.07, 6.45) is 0.947. The Morgan fingerprint density at radius 2 is 1.49 bits per heavy atom. The largest absolute Gasteiger partial charge is 0.493 e. The third kappa shape index (κ3) is 4.18.